The van der Waals surface area contributed by atoms with E-state index >= 15 is 0 Å². The van der Waals surface area contributed by atoms with E-state index in [0.29, 0.717) is 51.8 Å². The first-order valence-electron chi connectivity index (χ1n) is 16.5. The van der Waals surface area contributed by atoms with Gasteiger partial charge in [-0.15, -0.1) is 0 Å². The van der Waals surface area contributed by atoms with Crippen LogP contribution in [0.2, 0.25) is 0 Å². The van der Waals surface area contributed by atoms with Gasteiger partial charge in [0.2, 0.25) is 11.8 Å². The van der Waals surface area contributed by atoms with Crippen molar-refractivity contribution < 1.29 is 19.1 Å². The van der Waals surface area contributed by atoms with E-state index in [-0.39, 0.29) is 17.8 Å². The van der Waals surface area contributed by atoms with Crippen LogP contribution >= 0.6 is 0 Å². The van der Waals surface area contributed by atoms with Crippen molar-refractivity contribution in [2.45, 2.75) is 70.9 Å². The smallest absolute Gasteiger partial charge is 0.305 e. The average molecular weight is 619 g/mol. The number of carbonyl (C=O) groups excluding carboxylic acids is 3. The van der Waals surface area contributed by atoms with Gasteiger partial charge in [-0.1, -0.05) is 128 Å². The molecular formula is C40H46N2O4. The van der Waals surface area contributed by atoms with Crippen LogP contribution in [0.4, 0.5) is 0 Å². The number of benzene rings is 4. The molecule has 0 spiro atoms. The highest BCUT2D eigenvalue weighted by Crippen LogP contribution is 2.22. The number of nitrogens with zero attached hydrogens (tertiary/aromatic N) is 1. The molecule has 0 bridgehead atoms. The van der Waals surface area contributed by atoms with E-state index in [2.05, 4.69) is 53.8 Å². The monoisotopic (exact) mass is 618 g/mol. The van der Waals surface area contributed by atoms with Crippen molar-refractivity contribution in [3.63, 3.8) is 0 Å². The van der Waals surface area contributed by atoms with Crippen LogP contribution in [0, 0.1) is 0 Å². The highest BCUT2D eigenvalue weighted by atomic mass is 16.5. The van der Waals surface area contributed by atoms with Crippen molar-refractivity contribution in [3.8, 4) is 11.1 Å². The second-order valence-corrected chi connectivity index (χ2v) is 11.5. The number of amides is 2. The maximum absolute atomic E-state index is 13.9. The topological polar surface area (TPSA) is 75.7 Å². The molecule has 1 N–H and O–H groups in total. The third-order valence-corrected chi connectivity index (χ3v) is 8.07. The van der Waals surface area contributed by atoms with Crippen molar-refractivity contribution in [2.24, 2.45) is 0 Å². The minimum atomic E-state index is -0.671. The van der Waals surface area contributed by atoms with Crippen LogP contribution in [-0.4, -0.2) is 41.9 Å². The molecule has 0 heterocycles. The van der Waals surface area contributed by atoms with Gasteiger partial charge < -0.3 is 15.0 Å². The molecule has 46 heavy (non-hydrogen) atoms. The molecule has 2 amide bonds. The predicted octanol–water partition coefficient (Wildman–Crippen LogP) is 7.56. The predicted molar refractivity (Wildman–Crippen MR) is 184 cm³/mol. The van der Waals surface area contributed by atoms with Gasteiger partial charge in [-0.2, -0.15) is 0 Å². The first-order valence-corrected chi connectivity index (χ1v) is 16.5. The molecule has 240 valence electrons. The summed E-state index contributed by atoms with van der Waals surface area (Å²) in [6.45, 7) is 3.03. The van der Waals surface area contributed by atoms with Gasteiger partial charge in [-0.3, -0.25) is 14.4 Å². The number of esters is 1. The fourth-order valence-electron chi connectivity index (χ4n) is 5.55. The minimum Gasteiger partial charge on any atom is -0.466 e. The molecule has 1 unspecified atom stereocenters. The summed E-state index contributed by atoms with van der Waals surface area (Å²) in [7, 11) is 0. The quantitative estimate of drug-likeness (QED) is 0.0923. The highest BCUT2D eigenvalue weighted by Gasteiger charge is 2.30. The summed E-state index contributed by atoms with van der Waals surface area (Å²) >= 11 is 0. The van der Waals surface area contributed by atoms with E-state index in [4.69, 9.17) is 4.74 Å². The number of carbonyl (C=O) groups is 3. The van der Waals surface area contributed by atoms with Crippen LogP contribution in [0.25, 0.3) is 11.1 Å². The molecule has 0 aromatic heterocycles. The molecule has 4 aromatic rings. The SMILES string of the molecule is CCOC(=O)CCCCCCC(=O)N(Cc1ccccc1)C(Cc1ccc(-c2ccccc2)cc1)C(=O)NCCc1ccccc1. The zero-order chi connectivity index (χ0) is 32.4. The van der Waals surface area contributed by atoms with Crippen molar-refractivity contribution in [3.05, 3.63) is 132 Å². The van der Waals surface area contributed by atoms with Gasteiger partial charge in [-0.05, 0) is 54.0 Å². The van der Waals surface area contributed by atoms with Crippen molar-refractivity contribution in [1.82, 2.24) is 10.2 Å². The third-order valence-electron chi connectivity index (χ3n) is 8.07. The van der Waals surface area contributed by atoms with Crippen LogP contribution < -0.4 is 5.32 Å². The lowest BCUT2D eigenvalue weighted by Gasteiger charge is -2.32. The summed E-state index contributed by atoms with van der Waals surface area (Å²) in [5, 5.41) is 3.14. The first-order chi connectivity index (χ1) is 22.5. The number of hydrogen-bond acceptors (Lipinski definition) is 4. The van der Waals surface area contributed by atoms with Crippen LogP contribution in [-0.2, 0) is 38.5 Å². The van der Waals surface area contributed by atoms with Gasteiger partial charge in [-0.25, -0.2) is 0 Å². The molecule has 0 fully saturated rings. The molecule has 0 aliphatic heterocycles. The third kappa shape index (κ3) is 11.3. The Bertz CT molecular complexity index is 1470. The zero-order valence-corrected chi connectivity index (χ0v) is 26.9. The van der Waals surface area contributed by atoms with Gasteiger partial charge in [0.25, 0.3) is 0 Å². The zero-order valence-electron chi connectivity index (χ0n) is 26.9. The summed E-state index contributed by atoms with van der Waals surface area (Å²) in [5.41, 5.74) is 5.36. The van der Waals surface area contributed by atoms with E-state index in [1.165, 1.54) is 0 Å². The Kier molecular flexibility index (Phi) is 14.1. The average Bonchev–Trinajstić information content (AvgIpc) is 3.09. The Hall–Kier alpha value is -4.71. The molecule has 0 saturated heterocycles. The summed E-state index contributed by atoms with van der Waals surface area (Å²) in [4.78, 5) is 41.3. The van der Waals surface area contributed by atoms with Gasteiger partial charge in [0.05, 0.1) is 6.61 Å². The lowest BCUT2D eigenvalue weighted by atomic mass is 9.98. The molecule has 4 rings (SSSR count). The molecule has 6 heteroatoms. The molecule has 0 aliphatic rings. The second kappa shape index (κ2) is 18.9. The van der Waals surface area contributed by atoms with Crippen LogP contribution in [0.5, 0.6) is 0 Å². The standard InChI is InChI=1S/C40H46N2O4/c1-2-46-39(44)23-15-4-3-14-22-38(43)42(31-34-18-10-6-11-19-34)37(40(45)41-29-28-32-16-8-5-9-17-32)30-33-24-26-36(27-25-33)35-20-12-7-13-21-35/h5-13,16-21,24-27,37H,2-4,14-15,22-23,28-31H2,1H3,(H,41,45). The highest BCUT2D eigenvalue weighted by molar-refractivity contribution is 5.88. The summed E-state index contributed by atoms with van der Waals surface area (Å²) in [6, 6.07) is 37.7. The van der Waals surface area contributed by atoms with Crippen LogP contribution in [0.1, 0.15) is 62.1 Å². The van der Waals surface area contributed by atoms with E-state index < -0.39 is 6.04 Å². The Morgan fingerprint density at radius 1 is 0.652 bits per heavy atom. The van der Waals surface area contributed by atoms with Gasteiger partial charge in [0.1, 0.15) is 6.04 Å². The minimum absolute atomic E-state index is 0.0432. The van der Waals surface area contributed by atoms with Gasteiger partial charge in [0, 0.05) is 32.4 Å². The Morgan fingerprint density at radius 2 is 1.22 bits per heavy atom. The number of nitrogens with one attached hydrogen (secondary N) is 1. The van der Waals surface area contributed by atoms with Crippen LogP contribution in [0.15, 0.2) is 115 Å². The number of unbranched alkanes of at least 4 members (excludes halogenated alkanes) is 3. The maximum Gasteiger partial charge on any atom is 0.305 e. The normalized spacial score (nSPS) is 11.4. The second-order valence-electron chi connectivity index (χ2n) is 11.5. The van der Waals surface area contributed by atoms with Crippen molar-refractivity contribution in [1.29, 1.82) is 0 Å². The van der Waals surface area contributed by atoms with E-state index in [0.717, 1.165) is 47.1 Å². The Balaban J connectivity index is 1.50. The Morgan fingerprint density at radius 3 is 1.85 bits per heavy atom. The molecular weight excluding hydrogens is 572 g/mol. The first kappa shape index (κ1) is 34.2. The van der Waals surface area contributed by atoms with Gasteiger partial charge >= 0.3 is 5.97 Å². The van der Waals surface area contributed by atoms with Crippen LogP contribution in [0.3, 0.4) is 0 Å². The summed E-state index contributed by atoms with van der Waals surface area (Å²) < 4.78 is 5.02. The summed E-state index contributed by atoms with van der Waals surface area (Å²) in [5.74, 6) is -0.370. The van der Waals surface area contributed by atoms with E-state index in [1.807, 2.05) is 66.7 Å². The molecule has 0 saturated carbocycles. The van der Waals surface area contributed by atoms with Crippen molar-refractivity contribution in [2.75, 3.05) is 13.2 Å². The number of rotatable bonds is 18. The Labute approximate surface area is 273 Å². The van der Waals surface area contributed by atoms with E-state index in [9.17, 15) is 14.4 Å². The lowest BCUT2D eigenvalue weighted by molar-refractivity contribution is -0.143. The fraction of sp³-hybridized carbons (Fsp3) is 0.325. The fourth-order valence-corrected chi connectivity index (χ4v) is 5.55. The maximum atomic E-state index is 13.9. The van der Waals surface area contributed by atoms with E-state index in [1.54, 1.807) is 11.8 Å². The molecule has 6 nitrogen and oxygen atoms in total. The number of ether oxygens (including phenoxy) is 1. The molecule has 4 aromatic carbocycles. The molecule has 1 atom stereocenters. The van der Waals surface area contributed by atoms with Gasteiger partial charge in [0.15, 0.2) is 0 Å². The summed E-state index contributed by atoms with van der Waals surface area (Å²) in [6.07, 6.45) is 4.98. The lowest BCUT2D eigenvalue weighted by Crippen LogP contribution is -2.50. The largest absolute Gasteiger partial charge is 0.466 e. The number of hydrogen-bond donors (Lipinski definition) is 1. The molecule has 0 aliphatic carbocycles. The molecule has 0 radical (unpaired) electrons. The van der Waals surface area contributed by atoms with Crippen molar-refractivity contribution >= 4 is 17.8 Å².